The molecule has 0 aromatic heterocycles. The lowest BCUT2D eigenvalue weighted by molar-refractivity contribution is 0.0471. The number of carbonyl (C=O) groups is 1. The van der Waals surface area contributed by atoms with E-state index in [0.717, 1.165) is 0 Å². The van der Waals surface area contributed by atoms with Crippen molar-refractivity contribution in [2.75, 3.05) is 12.8 Å². The van der Waals surface area contributed by atoms with Crippen LogP contribution in [0.2, 0.25) is 0 Å². The maximum Gasteiger partial charge on any atom is 0.339 e. The summed E-state index contributed by atoms with van der Waals surface area (Å²) in [5.74, 6) is -0.898. The molecule has 110 valence electrons. The number of carbonyl (C=O) groups excluding carboxylic acids is 1. The molecule has 0 fully saturated rings. The summed E-state index contributed by atoms with van der Waals surface area (Å²) in [6, 6.07) is 9.22. The molecular formula is C15H13BrFNO3. The average molecular weight is 354 g/mol. The van der Waals surface area contributed by atoms with Gasteiger partial charge < -0.3 is 15.2 Å². The Morgan fingerprint density at radius 3 is 2.71 bits per heavy atom. The van der Waals surface area contributed by atoms with Crippen LogP contribution in [0.3, 0.4) is 0 Å². The zero-order valence-electron chi connectivity index (χ0n) is 11.2. The van der Waals surface area contributed by atoms with Gasteiger partial charge in [-0.25, -0.2) is 9.18 Å². The topological polar surface area (TPSA) is 61.5 Å². The van der Waals surface area contributed by atoms with Crippen LogP contribution in [-0.4, -0.2) is 13.1 Å². The lowest BCUT2D eigenvalue weighted by Crippen LogP contribution is -2.07. The van der Waals surface area contributed by atoms with Crippen molar-refractivity contribution in [2.24, 2.45) is 0 Å². The van der Waals surface area contributed by atoms with Gasteiger partial charge in [-0.3, -0.25) is 0 Å². The molecule has 0 unspecified atom stereocenters. The van der Waals surface area contributed by atoms with Crippen LogP contribution in [-0.2, 0) is 11.3 Å². The van der Waals surface area contributed by atoms with Crippen LogP contribution in [0.4, 0.5) is 10.1 Å². The highest BCUT2D eigenvalue weighted by atomic mass is 79.9. The van der Waals surface area contributed by atoms with Gasteiger partial charge in [0.05, 0.1) is 12.7 Å². The van der Waals surface area contributed by atoms with Gasteiger partial charge in [0.25, 0.3) is 0 Å². The van der Waals surface area contributed by atoms with Crippen LogP contribution in [0.5, 0.6) is 5.75 Å². The second kappa shape index (κ2) is 6.58. The van der Waals surface area contributed by atoms with Gasteiger partial charge in [0.2, 0.25) is 0 Å². The van der Waals surface area contributed by atoms with Gasteiger partial charge in [0.15, 0.2) is 11.6 Å². The first kappa shape index (κ1) is 15.3. The van der Waals surface area contributed by atoms with Crippen LogP contribution in [0.1, 0.15) is 15.9 Å². The minimum atomic E-state index is -0.537. The Balaban J connectivity index is 2.07. The number of esters is 1. The third-order valence-electron chi connectivity index (χ3n) is 2.80. The molecule has 6 heteroatoms. The van der Waals surface area contributed by atoms with Gasteiger partial charge in [0, 0.05) is 10.2 Å². The van der Waals surface area contributed by atoms with Crippen molar-refractivity contribution in [3.05, 3.63) is 57.8 Å². The normalized spacial score (nSPS) is 10.2. The van der Waals surface area contributed by atoms with Crippen molar-refractivity contribution < 1.29 is 18.7 Å². The molecule has 0 atom stereocenters. The molecular weight excluding hydrogens is 341 g/mol. The molecule has 4 nitrogen and oxygen atoms in total. The fourth-order valence-corrected chi connectivity index (χ4v) is 2.13. The summed E-state index contributed by atoms with van der Waals surface area (Å²) in [6.07, 6.45) is 0. The van der Waals surface area contributed by atoms with Crippen LogP contribution in [0, 0.1) is 5.82 Å². The standard InChI is InChI=1S/C15H13BrFNO3/c1-20-14-5-2-9(6-13(14)17)8-21-15(19)11-7-10(18)3-4-12(11)16/h2-7H,8,18H2,1H3. The Bertz CT molecular complexity index is 676. The van der Waals surface area contributed by atoms with E-state index in [0.29, 0.717) is 21.3 Å². The zero-order chi connectivity index (χ0) is 15.4. The van der Waals surface area contributed by atoms with Crippen LogP contribution in [0.15, 0.2) is 40.9 Å². The first-order chi connectivity index (χ1) is 10.0. The summed E-state index contributed by atoms with van der Waals surface area (Å²) < 4.78 is 24.1. The van der Waals surface area contributed by atoms with Crippen LogP contribution in [0.25, 0.3) is 0 Å². The molecule has 21 heavy (non-hydrogen) atoms. The lowest BCUT2D eigenvalue weighted by Gasteiger charge is -2.08. The first-order valence-electron chi connectivity index (χ1n) is 6.06. The highest BCUT2D eigenvalue weighted by Crippen LogP contribution is 2.22. The molecule has 2 N–H and O–H groups in total. The molecule has 0 saturated heterocycles. The van der Waals surface area contributed by atoms with Gasteiger partial charge in [-0.15, -0.1) is 0 Å². The maximum atomic E-state index is 13.5. The number of benzene rings is 2. The number of nitrogen functional groups attached to an aromatic ring is 1. The quantitative estimate of drug-likeness (QED) is 0.674. The Kier molecular flexibility index (Phi) is 4.80. The second-order valence-corrected chi connectivity index (χ2v) is 5.14. The van der Waals surface area contributed by atoms with E-state index >= 15 is 0 Å². The van der Waals surface area contributed by atoms with E-state index in [1.165, 1.54) is 25.3 Å². The maximum absolute atomic E-state index is 13.5. The predicted molar refractivity (Wildman–Crippen MR) is 80.6 cm³/mol. The summed E-state index contributed by atoms with van der Waals surface area (Å²) in [5, 5.41) is 0. The van der Waals surface area contributed by atoms with Crippen molar-refractivity contribution in [3.63, 3.8) is 0 Å². The monoisotopic (exact) mass is 353 g/mol. The number of halogens is 2. The van der Waals surface area contributed by atoms with Crippen LogP contribution >= 0.6 is 15.9 Å². The number of hydrogen-bond acceptors (Lipinski definition) is 4. The fourth-order valence-electron chi connectivity index (χ4n) is 1.73. The van der Waals surface area contributed by atoms with E-state index in [1.54, 1.807) is 18.2 Å². The van der Waals surface area contributed by atoms with Crippen molar-refractivity contribution in [1.82, 2.24) is 0 Å². The number of methoxy groups -OCH3 is 1. The van der Waals surface area contributed by atoms with Crippen LogP contribution < -0.4 is 10.5 Å². The molecule has 0 aliphatic carbocycles. The fraction of sp³-hybridized carbons (Fsp3) is 0.133. The Labute approximate surface area is 129 Å². The highest BCUT2D eigenvalue weighted by molar-refractivity contribution is 9.10. The average Bonchev–Trinajstić information content (AvgIpc) is 2.47. The van der Waals surface area contributed by atoms with Crippen molar-refractivity contribution in [3.8, 4) is 5.75 Å². The van der Waals surface area contributed by atoms with Crippen molar-refractivity contribution in [2.45, 2.75) is 6.61 Å². The second-order valence-electron chi connectivity index (χ2n) is 4.28. The molecule has 0 saturated carbocycles. The summed E-state index contributed by atoms with van der Waals surface area (Å²) >= 11 is 3.25. The molecule has 2 aromatic rings. The third-order valence-corrected chi connectivity index (χ3v) is 3.49. The first-order valence-corrected chi connectivity index (χ1v) is 6.85. The molecule has 2 rings (SSSR count). The van der Waals surface area contributed by atoms with E-state index in [2.05, 4.69) is 15.9 Å². The predicted octanol–water partition coefficient (Wildman–Crippen LogP) is 3.54. The largest absolute Gasteiger partial charge is 0.494 e. The van der Waals surface area contributed by atoms with Gasteiger partial charge in [0.1, 0.15) is 6.61 Å². The van der Waals surface area contributed by atoms with E-state index < -0.39 is 11.8 Å². The number of hydrogen-bond donors (Lipinski definition) is 1. The third kappa shape index (κ3) is 3.72. The van der Waals surface area contributed by atoms with Crippen molar-refractivity contribution >= 4 is 27.6 Å². The highest BCUT2D eigenvalue weighted by Gasteiger charge is 2.13. The SMILES string of the molecule is COc1ccc(COC(=O)c2cc(N)ccc2Br)cc1F. The van der Waals surface area contributed by atoms with E-state index in [-0.39, 0.29) is 12.4 Å². The minimum Gasteiger partial charge on any atom is -0.494 e. The summed E-state index contributed by atoms with van der Waals surface area (Å²) in [4.78, 5) is 12.0. The molecule has 0 heterocycles. The Morgan fingerprint density at radius 1 is 1.29 bits per heavy atom. The van der Waals surface area contributed by atoms with Gasteiger partial charge in [-0.2, -0.15) is 0 Å². The molecule has 0 aliphatic heterocycles. The molecule has 0 bridgehead atoms. The van der Waals surface area contributed by atoms with E-state index in [1.807, 2.05) is 0 Å². The van der Waals surface area contributed by atoms with Gasteiger partial charge in [-0.1, -0.05) is 6.07 Å². The molecule has 2 aromatic carbocycles. The number of nitrogens with two attached hydrogens (primary N) is 1. The minimum absolute atomic E-state index is 0.0407. The summed E-state index contributed by atoms with van der Waals surface area (Å²) in [5.41, 5.74) is 6.94. The molecule has 0 radical (unpaired) electrons. The van der Waals surface area contributed by atoms with Gasteiger partial charge in [-0.05, 0) is 51.8 Å². The van der Waals surface area contributed by atoms with E-state index in [9.17, 15) is 9.18 Å². The molecule has 0 aliphatic rings. The number of ether oxygens (including phenoxy) is 2. The van der Waals surface area contributed by atoms with Crippen molar-refractivity contribution in [1.29, 1.82) is 0 Å². The number of rotatable bonds is 4. The molecule has 0 spiro atoms. The molecule has 0 amide bonds. The smallest absolute Gasteiger partial charge is 0.339 e. The zero-order valence-corrected chi connectivity index (χ0v) is 12.8. The summed E-state index contributed by atoms with van der Waals surface area (Å²) in [7, 11) is 1.38. The lowest BCUT2D eigenvalue weighted by atomic mass is 10.2. The Morgan fingerprint density at radius 2 is 2.05 bits per heavy atom. The van der Waals surface area contributed by atoms with E-state index in [4.69, 9.17) is 15.2 Å². The number of anilines is 1. The summed E-state index contributed by atoms with van der Waals surface area (Å²) in [6.45, 7) is -0.0407. The Hall–Kier alpha value is -2.08. The van der Waals surface area contributed by atoms with Gasteiger partial charge >= 0.3 is 5.97 Å².